The maximum absolute atomic E-state index is 12.5. The molecule has 1 aliphatic heterocycles. The number of anilines is 1. The van der Waals surface area contributed by atoms with Crippen LogP contribution in [0.2, 0.25) is 0 Å². The van der Waals surface area contributed by atoms with Crippen LogP contribution < -0.4 is 5.32 Å². The van der Waals surface area contributed by atoms with Crippen molar-refractivity contribution in [2.75, 3.05) is 23.1 Å². The number of amides is 1. The van der Waals surface area contributed by atoms with Gasteiger partial charge < -0.3 is 5.32 Å². The molecular formula is C18H23N3O3S2. The molecule has 1 aromatic carbocycles. The van der Waals surface area contributed by atoms with Crippen LogP contribution in [0.4, 0.5) is 5.69 Å². The number of benzene rings is 1. The number of aryl methyl sites for hydroxylation is 1. The normalized spacial score (nSPS) is 18.8. The van der Waals surface area contributed by atoms with Gasteiger partial charge in [-0.3, -0.25) is 9.48 Å². The molecule has 1 saturated heterocycles. The smallest absolute Gasteiger partial charge is 0.228 e. The molecule has 0 bridgehead atoms. The number of para-hydroxylation sites is 1. The van der Waals surface area contributed by atoms with E-state index in [4.69, 9.17) is 0 Å². The fourth-order valence-corrected chi connectivity index (χ4v) is 5.63. The summed E-state index contributed by atoms with van der Waals surface area (Å²) in [7, 11) is -2.98. The molecule has 3 rings (SSSR count). The van der Waals surface area contributed by atoms with Gasteiger partial charge in [0.15, 0.2) is 9.84 Å². The van der Waals surface area contributed by atoms with Gasteiger partial charge in [-0.1, -0.05) is 12.1 Å². The van der Waals surface area contributed by atoms with Gasteiger partial charge in [-0.25, -0.2) is 8.42 Å². The molecule has 0 aliphatic carbocycles. The second kappa shape index (κ2) is 7.44. The second-order valence-corrected chi connectivity index (χ2v) is 9.65. The first-order chi connectivity index (χ1) is 12.3. The van der Waals surface area contributed by atoms with E-state index in [1.54, 1.807) is 16.4 Å². The molecule has 2 aromatic rings. The van der Waals surface area contributed by atoms with E-state index in [1.165, 1.54) is 0 Å². The molecule has 2 heterocycles. The van der Waals surface area contributed by atoms with Gasteiger partial charge in [-0.2, -0.15) is 5.10 Å². The number of nitrogens with one attached hydrogen (secondary N) is 1. The highest BCUT2D eigenvalue weighted by Crippen LogP contribution is 2.28. The number of rotatable bonds is 5. The first-order valence-electron chi connectivity index (χ1n) is 8.48. The molecule has 1 fully saturated rings. The Kier molecular flexibility index (Phi) is 5.43. The maximum Gasteiger partial charge on any atom is 0.228 e. The van der Waals surface area contributed by atoms with Crippen molar-refractivity contribution in [3.05, 3.63) is 41.2 Å². The summed E-state index contributed by atoms with van der Waals surface area (Å²) in [6.07, 6.45) is 2.77. The molecule has 1 aromatic heterocycles. The lowest BCUT2D eigenvalue weighted by Crippen LogP contribution is -2.17. The molecule has 1 amide bonds. The Morgan fingerprint density at radius 2 is 2.08 bits per heavy atom. The van der Waals surface area contributed by atoms with Crippen LogP contribution in [0.15, 0.2) is 29.2 Å². The van der Waals surface area contributed by atoms with Crippen LogP contribution in [0.5, 0.6) is 0 Å². The quantitative estimate of drug-likeness (QED) is 0.790. The van der Waals surface area contributed by atoms with Crippen molar-refractivity contribution in [1.29, 1.82) is 0 Å². The van der Waals surface area contributed by atoms with E-state index in [2.05, 4.69) is 10.4 Å². The van der Waals surface area contributed by atoms with Gasteiger partial charge in [0.1, 0.15) is 0 Å². The monoisotopic (exact) mass is 393 g/mol. The lowest BCUT2D eigenvalue weighted by molar-refractivity contribution is -0.115. The molecule has 8 heteroatoms. The number of carbonyl (C=O) groups excluding carboxylic acids is 1. The topological polar surface area (TPSA) is 81.1 Å². The van der Waals surface area contributed by atoms with E-state index in [0.29, 0.717) is 6.42 Å². The Labute approximate surface area is 158 Å². The van der Waals surface area contributed by atoms with Crippen molar-refractivity contribution < 1.29 is 13.2 Å². The minimum absolute atomic E-state index is 0.101. The maximum atomic E-state index is 12.5. The van der Waals surface area contributed by atoms with E-state index >= 15 is 0 Å². The van der Waals surface area contributed by atoms with Gasteiger partial charge in [-0.15, -0.1) is 11.8 Å². The van der Waals surface area contributed by atoms with Crippen molar-refractivity contribution in [1.82, 2.24) is 9.78 Å². The molecule has 0 saturated carbocycles. The van der Waals surface area contributed by atoms with Gasteiger partial charge in [0, 0.05) is 16.2 Å². The van der Waals surface area contributed by atoms with Crippen LogP contribution in [-0.4, -0.2) is 41.9 Å². The SMILES string of the molecule is CSc1ccccc1NC(=O)Cc1c(C)nn([C@@H]2CCS(=O)(=O)C2)c1C. The Morgan fingerprint density at radius 3 is 2.73 bits per heavy atom. The minimum atomic E-state index is -2.98. The average molecular weight is 394 g/mol. The molecule has 140 valence electrons. The van der Waals surface area contributed by atoms with E-state index in [0.717, 1.165) is 27.5 Å². The van der Waals surface area contributed by atoms with Crippen molar-refractivity contribution in [2.24, 2.45) is 0 Å². The van der Waals surface area contributed by atoms with E-state index in [-0.39, 0.29) is 29.9 Å². The Hall–Kier alpha value is -1.80. The summed E-state index contributed by atoms with van der Waals surface area (Å²) in [6.45, 7) is 3.77. The summed E-state index contributed by atoms with van der Waals surface area (Å²) < 4.78 is 25.3. The molecule has 1 N–H and O–H groups in total. The highest BCUT2D eigenvalue weighted by Gasteiger charge is 2.31. The van der Waals surface area contributed by atoms with Crippen molar-refractivity contribution >= 4 is 33.2 Å². The van der Waals surface area contributed by atoms with Gasteiger partial charge >= 0.3 is 0 Å². The highest BCUT2D eigenvalue weighted by molar-refractivity contribution is 7.98. The third-order valence-electron chi connectivity index (χ3n) is 4.75. The number of aromatic nitrogens is 2. The summed E-state index contributed by atoms with van der Waals surface area (Å²) in [5.74, 6) is 0.232. The number of carbonyl (C=O) groups is 1. The van der Waals surface area contributed by atoms with Crippen molar-refractivity contribution in [3.8, 4) is 0 Å². The molecule has 1 atom stereocenters. The standard InChI is InChI=1S/C18H23N3O3S2/c1-12-15(10-18(22)19-16-6-4-5-7-17(16)25-3)13(2)21(20-12)14-8-9-26(23,24)11-14/h4-7,14H,8-11H2,1-3H3,(H,19,22)/t14-/m1/s1. The fourth-order valence-electron chi connectivity index (χ4n) is 3.38. The molecule has 26 heavy (non-hydrogen) atoms. The van der Waals surface area contributed by atoms with Crippen LogP contribution in [0.1, 0.15) is 29.4 Å². The Bertz CT molecular complexity index is 935. The average Bonchev–Trinajstić information content (AvgIpc) is 3.09. The minimum Gasteiger partial charge on any atom is -0.325 e. The largest absolute Gasteiger partial charge is 0.325 e. The molecule has 0 unspecified atom stereocenters. The summed E-state index contributed by atoms with van der Waals surface area (Å²) in [5.41, 5.74) is 3.32. The number of hydrogen-bond donors (Lipinski definition) is 1. The molecular weight excluding hydrogens is 370 g/mol. The Morgan fingerprint density at radius 1 is 1.35 bits per heavy atom. The van der Waals surface area contributed by atoms with Gasteiger partial charge in [0.05, 0.1) is 35.3 Å². The van der Waals surface area contributed by atoms with E-state index in [1.807, 2.05) is 44.4 Å². The number of hydrogen-bond acceptors (Lipinski definition) is 5. The number of sulfone groups is 1. The van der Waals surface area contributed by atoms with E-state index in [9.17, 15) is 13.2 Å². The first kappa shape index (κ1) is 19.0. The fraction of sp³-hybridized carbons (Fsp3) is 0.444. The third-order valence-corrected chi connectivity index (χ3v) is 7.29. The van der Waals surface area contributed by atoms with E-state index < -0.39 is 9.84 Å². The third kappa shape index (κ3) is 3.96. The summed E-state index contributed by atoms with van der Waals surface area (Å²) in [5, 5.41) is 7.48. The van der Waals surface area contributed by atoms with Crippen molar-refractivity contribution in [3.63, 3.8) is 0 Å². The summed E-state index contributed by atoms with van der Waals surface area (Å²) >= 11 is 1.58. The second-order valence-electron chi connectivity index (χ2n) is 6.58. The van der Waals surface area contributed by atoms with Gasteiger partial charge in [-0.05, 0) is 38.7 Å². The zero-order valence-corrected chi connectivity index (χ0v) is 16.8. The zero-order valence-electron chi connectivity index (χ0n) is 15.2. The lowest BCUT2D eigenvalue weighted by atomic mass is 10.1. The predicted octanol–water partition coefficient (Wildman–Crippen LogP) is 2.76. The Balaban J connectivity index is 1.77. The van der Waals surface area contributed by atoms with Gasteiger partial charge in [0.25, 0.3) is 0 Å². The summed E-state index contributed by atoms with van der Waals surface area (Å²) in [4.78, 5) is 13.5. The zero-order chi connectivity index (χ0) is 18.9. The molecule has 6 nitrogen and oxygen atoms in total. The van der Waals surface area contributed by atoms with Gasteiger partial charge in [0.2, 0.25) is 5.91 Å². The van der Waals surface area contributed by atoms with Crippen LogP contribution in [-0.2, 0) is 21.1 Å². The number of thioether (sulfide) groups is 1. The summed E-state index contributed by atoms with van der Waals surface area (Å²) in [6, 6.07) is 7.55. The molecule has 0 radical (unpaired) electrons. The van der Waals surface area contributed by atoms with Crippen LogP contribution >= 0.6 is 11.8 Å². The first-order valence-corrected chi connectivity index (χ1v) is 11.5. The predicted molar refractivity (Wildman–Crippen MR) is 105 cm³/mol. The van der Waals surface area contributed by atoms with Crippen LogP contribution in [0.25, 0.3) is 0 Å². The highest BCUT2D eigenvalue weighted by atomic mass is 32.2. The van der Waals surface area contributed by atoms with Crippen LogP contribution in [0, 0.1) is 13.8 Å². The van der Waals surface area contributed by atoms with Crippen LogP contribution in [0.3, 0.4) is 0 Å². The lowest BCUT2D eigenvalue weighted by Gasteiger charge is -2.12. The number of nitrogens with zero attached hydrogens (tertiary/aromatic N) is 2. The molecule has 0 spiro atoms. The van der Waals surface area contributed by atoms with Crippen molar-refractivity contribution in [2.45, 2.75) is 37.6 Å². The molecule has 1 aliphatic rings.